The molecule has 98 valence electrons. The molecule has 2 aromatic heterocycles. The maximum absolute atomic E-state index is 11.8. The molecule has 3 rings (SSSR count). The third-order valence-corrected chi connectivity index (χ3v) is 3.56. The second-order valence-electron chi connectivity index (χ2n) is 4.12. The van der Waals surface area contributed by atoms with Gasteiger partial charge in [-0.1, -0.05) is 29.3 Å². The van der Waals surface area contributed by atoms with Crippen molar-refractivity contribution in [2.75, 3.05) is 0 Å². The number of hydrogen-bond donors (Lipinski definition) is 1. The quantitative estimate of drug-likeness (QED) is 0.789. The van der Waals surface area contributed by atoms with Crippen molar-refractivity contribution in [1.29, 1.82) is 0 Å². The van der Waals surface area contributed by atoms with Crippen molar-refractivity contribution in [3.8, 4) is 0 Å². The van der Waals surface area contributed by atoms with Crippen molar-refractivity contribution in [3.05, 3.63) is 68.2 Å². The third-order valence-electron chi connectivity index (χ3n) is 2.85. The normalized spacial score (nSPS) is 11.1. The number of nitrogens with one attached hydrogen (secondary N) is 1. The topological polar surface area (TPSA) is 50.2 Å². The highest BCUT2D eigenvalue weighted by molar-refractivity contribution is 6.36. The van der Waals surface area contributed by atoms with E-state index in [4.69, 9.17) is 23.2 Å². The van der Waals surface area contributed by atoms with Crippen molar-refractivity contribution in [2.24, 2.45) is 0 Å². The number of nitrogens with zero attached hydrogens (tertiary/aromatic N) is 2. The number of halogens is 2. The Balaban J connectivity index is 0.00000147. The van der Waals surface area contributed by atoms with Crippen molar-refractivity contribution < 1.29 is 1.43 Å². The molecule has 0 aliphatic carbocycles. The molecule has 0 unspecified atom stereocenters. The number of aromatic nitrogens is 3. The first kappa shape index (κ1) is 12.3. The third kappa shape index (κ3) is 2.25. The zero-order valence-electron chi connectivity index (χ0n) is 9.73. The van der Waals surface area contributed by atoms with E-state index in [1.54, 1.807) is 30.5 Å². The second kappa shape index (κ2) is 4.72. The molecule has 3 aromatic rings. The standard InChI is InChI=1S/C13H9Cl2N3O.H2/c14-10-2-1-3-11(15)9(10)6-8-7-13(19)18-12(17-8)4-5-16-18;/h1-5,7,16H,6H2;1H. The van der Waals surface area contributed by atoms with Crippen LogP contribution in [-0.4, -0.2) is 14.6 Å². The molecule has 0 spiro atoms. The minimum atomic E-state index is -0.159. The van der Waals surface area contributed by atoms with Crippen LogP contribution >= 0.6 is 23.2 Å². The van der Waals surface area contributed by atoms with Crippen molar-refractivity contribution in [3.63, 3.8) is 0 Å². The van der Waals surface area contributed by atoms with Crippen LogP contribution in [0, 0.1) is 0 Å². The van der Waals surface area contributed by atoms with Crippen LogP contribution in [0.5, 0.6) is 0 Å². The molecule has 19 heavy (non-hydrogen) atoms. The van der Waals surface area contributed by atoms with Crippen LogP contribution in [0.1, 0.15) is 12.7 Å². The van der Waals surface area contributed by atoms with Gasteiger partial charge in [-0.2, -0.15) is 0 Å². The Morgan fingerprint density at radius 1 is 1.26 bits per heavy atom. The van der Waals surface area contributed by atoms with Crippen LogP contribution in [0.3, 0.4) is 0 Å². The number of hydrogen-bond acceptors (Lipinski definition) is 2. The minimum absolute atomic E-state index is 0. The lowest BCUT2D eigenvalue weighted by Crippen LogP contribution is -2.15. The first-order chi connectivity index (χ1) is 9.15. The molecule has 6 heteroatoms. The molecule has 0 atom stereocenters. The van der Waals surface area contributed by atoms with Gasteiger partial charge in [0, 0.05) is 36.2 Å². The Morgan fingerprint density at radius 3 is 2.74 bits per heavy atom. The summed E-state index contributed by atoms with van der Waals surface area (Å²) < 4.78 is 1.37. The Hall–Kier alpha value is -1.78. The highest BCUT2D eigenvalue weighted by atomic mass is 35.5. The largest absolute Gasteiger partial charge is 0.297 e. The average Bonchev–Trinajstić information content (AvgIpc) is 2.83. The van der Waals surface area contributed by atoms with E-state index in [0.29, 0.717) is 27.8 Å². The summed E-state index contributed by atoms with van der Waals surface area (Å²) in [5.74, 6) is 0. The van der Waals surface area contributed by atoms with E-state index < -0.39 is 0 Å². The van der Waals surface area contributed by atoms with E-state index >= 15 is 0 Å². The Labute approximate surface area is 120 Å². The predicted molar refractivity (Wildman–Crippen MR) is 77.2 cm³/mol. The lowest BCUT2D eigenvalue weighted by molar-refractivity contribution is 0.881. The fourth-order valence-corrected chi connectivity index (χ4v) is 2.48. The zero-order chi connectivity index (χ0) is 13.4. The molecule has 0 radical (unpaired) electrons. The molecule has 0 aliphatic heterocycles. The van der Waals surface area contributed by atoms with Crippen LogP contribution in [0.15, 0.2) is 41.3 Å². The van der Waals surface area contributed by atoms with Gasteiger partial charge in [-0.15, -0.1) is 0 Å². The van der Waals surface area contributed by atoms with Gasteiger partial charge in [0.05, 0.1) is 5.69 Å². The summed E-state index contributed by atoms with van der Waals surface area (Å²) in [6.07, 6.45) is 2.09. The van der Waals surface area contributed by atoms with Crippen molar-refractivity contribution in [1.82, 2.24) is 14.6 Å². The van der Waals surface area contributed by atoms with Gasteiger partial charge in [-0.3, -0.25) is 9.89 Å². The van der Waals surface area contributed by atoms with Gasteiger partial charge >= 0.3 is 0 Å². The smallest absolute Gasteiger partial charge is 0.272 e. The minimum Gasteiger partial charge on any atom is -0.297 e. The summed E-state index contributed by atoms with van der Waals surface area (Å²) in [5.41, 5.74) is 1.83. The number of H-pyrrole nitrogens is 1. The Morgan fingerprint density at radius 2 is 2.00 bits per heavy atom. The van der Waals surface area contributed by atoms with Crippen LogP contribution in [-0.2, 0) is 6.42 Å². The van der Waals surface area contributed by atoms with Crippen molar-refractivity contribution in [2.45, 2.75) is 6.42 Å². The maximum Gasteiger partial charge on any atom is 0.272 e. The molecule has 0 bridgehead atoms. The molecule has 0 aliphatic rings. The van der Waals surface area contributed by atoms with Gasteiger partial charge in [0.1, 0.15) is 0 Å². The summed E-state index contributed by atoms with van der Waals surface area (Å²) in [5, 5.41) is 3.94. The zero-order valence-corrected chi connectivity index (χ0v) is 11.2. The number of rotatable bonds is 2. The summed E-state index contributed by atoms with van der Waals surface area (Å²) in [7, 11) is 0. The highest BCUT2D eigenvalue weighted by Gasteiger charge is 2.09. The van der Waals surface area contributed by atoms with Gasteiger partial charge in [-0.05, 0) is 17.7 Å². The van der Waals surface area contributed by atoms with E-state index in [1.807, 2.05) is 0 Å². The fourth-order valence-electron chi connectivity index (χ4n) is 1.95. The first-order valence-electron chi connectivity index (χ1n) is 5.64. The van der Waals surface area contributed by atoms with E-state index in [1.165, 1.54) is 10.6 Å². The van der Waals surface area contributed by atoms with Gasteiger partial charge in [0.15, 0.2) is 5.65 Å². The van der Waals surface area contributed by atoms with E-state index in [9.17, 15) is 4.79 Å². The second-order valence-corrected chi connectivity index (χ2v) is 4.93. The highest BCUT2D eigenvalue weighted by Crippen LogP contribution is 2.26. The Kier molecular flexibility index (Phi) is 3.05. The van der Waals surface area contributed by atoms with Gasteiger partial charge in [0.25, 0.3) is 5.56 Å². The summed E-state index contributed by atoms with van der Waals surface area (Å²) >= 11 is 12.2. The predicted octanol–water partition coefficient (Wildman–Crippen LogP) is 3.17. The van der Waals surface area contributed by atoms with Crippen LogP contribution in [0.4, 0.5) is 0 Å². The van der Waals surface area contributed by atoms with E-state index in [-0.39, 0.29) is 6.99 Å². The molecule has 0 amide bonds. The van der Waals surface area contributed by atoms with Gasteiger partial charge in [-0.25, -0.2) is 9.50 Å². The summed E-state index contributed by atoms with van der Waals surface area (Å²) in [4.78, 5) is 16.2. The van der Waals surface area contributed by atoms with Crippen LogP contribution < -0.4 is 5.56 Å². The summed E-state index contributed by atoms with van der Waals surface area (Å²) in [6.45, 7) is 0. The summed E-state index contributed by atoms with van der Waals surface area (Å²) in [6, 6.07) is 8.53. The lowest BCUT2D eigenvalue weighted by Gasteiger charge is -2.06. The first-order valence-corrected chi connectivity index (χ1v) is 6.40. The van der Waals surface area contributed by atoms with Crippen LogP contribution in [0.25, 0.3) is 5.65 Å². The number of benzene rings is 1. The average molecular weight is 296 g/mol. The van der Waals surface area contributed by atoms with E-state index in [2.05, 4.69) is 10.1 Å². The molecule has 0 fully saturated rings. The SMILES string of the molecule is O=c1cc(Cc2c(Cl)cccc2Cl)nc2cc[nH]n12.[HH]. The van der Waals surface area contributed by atoms with Crippen LogP contribution in [0.2, 0.25) is 10.0 Å². The molecule has 2 heterocycles. The molecular weight excluding hydrogens is 285 g/mol. The van der Waals surface area contributed by atoms with Crippen molar-refractivity contribution >= 4 is 28.8 Å². The number of aromatic amines is 1. The van der Waals surface area contributed by atoms with Gasteiger partial charge < -0.3 is 0 Å². The molecular formula is C13H11Cl2N3O. The molecule has 1 aromatic carbocycles. The lowest BCUT2D eigenvalue weighted by atomic mass is 10.1. The maximum atomic E-state index is 11.8. The monoisotopic (exact) mass is 295 g/mol. The Bertz CT molecular complexity index is 792. The number of fused-ring (bicyclic) bond motifs is 1. The molecule has 4 nitrogen and oxygen atoms in total. The molecule has 0 saturated carbocycles. The fraction of sp³-hybridized carbons (Fsp3) is 0.0769. The van der Waals surface area contributed by atoms with Gasteiger partial charge in [0.2, 0.25) is 0 Å². The van der Waals surface area contributed by atoms with E-state index in [0.717, 1.165) is 5.56 Å². The molecule has 1 N–H and O–H groups in total. The molecule has 0 saturated heterocycles.